The second-order valence-corrected chi connectivity index (χ2v) is 6.05. The van der Waals surface area contributed by atoms with Crippen LogP contribution in [-0.2, 0) is 6.54 Å². The van der Waals surface area contributed by atoms with Crippen molar-refractivity contribution >= 4 is 17.2 Å². The minimum Gasteiger partial charge on any atom is -0.314 e. The topological polar surface area (TPSA) is 32.6 Å². The highest BCUT2D eigenvalue weighted by molar-refractivity contribution is 6.29. The first kappa shape index (κ1) is 13.9. The summed E-state index contributed by atoms with van der Waals surface area (Å²) in [5.41, 5.74) is 3.35. The number of rotatable bonds is 3. The Kier molecular flexibility index (Phi) is 3.96. The third-order valence-electron chi connectivity index (χ3n) is 3.85. The maximum Gasteiger partial charge on any atom is 0.138 e. The molecular formula is C15H21ClN4. The molecule has 0 amide bonds. The highest BCUT2D eigenvalue weighted by Crippen LogP contribution is 2.25. The van der Waals surface area contributed by atoms with E-state index >= 15 is 0 Å². The number of piperazine rings is 1. The predicted molar refractivity (Wildman–Crippen MR) is 82.4 cm³/mol. The van der Waals surface area contributed by atoms with Crippen LogP contribution in [-0.4, -0.2) is 40.5 Å². The summed E-state index contributed by atoms with van der Waals surface area (Å²) in [5, 5.41) is 4.13. The van der Waals surface area contributed by atoms with Crippen LogP contribution in [0.5, 0.6) is 0 Å². The highest BCUT2D eigenvalue weighted by atomic mass is 35.5. The fourth-order valence-corrected chi connectivity index (χ4v) is 3.09. The van der Waals surface area contributed by atoms with E-state index in [4.69, 9.17) is 16.6 Å². The number of aromatic nitrogens is 2. The monoisotopic (exact) mass is 292 g/mol. The van der Waals surface area contributed by atoms with Crippen LogP contribution >= 0.6 is 11.6 Å². The molecule has 0 atom stereocenters. The van der Waals surface area contributed by atoms with E-state index in [-0.39, 0.29) is 0 Å². The lowest BCUT2D eigenvalue weighted by atomic mass is 10.1. The second-order valence-electron chi connectivity index (χ2n) is 5.67. The summed E-state index contributed by atoms with van der Waals surface area (Å²) in [6.07, 6.45) is 0. The second kappa shape index (κ2) is 5.72. The van der Waals surface area contributed by atoms with Crippen molar-refractivity contribution in [3.05, 3.63) is 34.7 Å². The number of halogens is 1. The van der Waals surface area contributed by atoms with Crippen molar-refractivity contribution in [2.24, 2.45) is 0 Å². The molecule has 0 radical (unpaired) electrons. The molecule has 2 aromatic rings. The van der Waals surface area contributed by atoms with Gasteiger partial charge in [0.1, 0.15) is 10.8 Å². The first-order valence-electron chi connectivity index (χ1n) is 7.25. The van der Waals surface area contributed by atoms with Gasteiger partial charge in [-0.2, -0.15) is 0 Å². The van der Waals surface area contributed by atoms with E-state index in [0.29, 0.717) is 5.92 Å². The lowest BCUT2D eigenvalue weighted by Crippen LogP contribution is -2.43. The van der Waals surface area contributed by atoms with E-state index in [1.807, 2.05) is 18.2 Å². The molecule has 0 aliphatic carbocycles. The largest absolute Gasteiger partial charge is 0.314 e. The normalized spacial score (nSPS) is 17.2. The average Bonchev–Trinajstić information content (AvgIpc) is 2.80. The van der Waals surface area contributed by atoms with Gasteiger partial charge in [-0.15, -0.1) is 0 Å². The zero-order valence-corrected chi connectivity index (χ0v) is 12.8. The number of hydrogen-bond acceptors (Lipinski definition) is 3. The molecule has 0 spiro atoms. The quantitative estimate of drug-likeness (QED) is 0.883. The van der Waals surface area contributed by atoms with Crippen molar-refractivity contribution in [1.29, 1.82) is 0 Å². The van der Waals surface area contributed by atoms with Crippen molar-refractivity contribution in [3.8, 4) is 0 Å². The van der Waals surface area contributed by atoms with Gasteiger partial charge in [0.2, 0.25) is 0 Å². The summed E-state index contributed by atoms with van der Waals surface area (Å²) in [6.45, 7) is 9.57. The predicted octanol–water partition coefficient (Wildman–Crippen LogP) is 2.52. The van der Waals surface area contributed by atoms with Gasteiger partial charge in [-0.05, 0) is 18.1 Å². The van der Waals surface area contributed by atoms with Gasteiger partial charge < -0.3 is 5.32 Å². The molecule has 0 saturated carbocycles. The van der Waals surface area contributed by atoms with Gasteiger partial charge in [-0.1, -0.05) is 31.5 Å². The van der Waals surface area contributed by atoms with Crippen molar-refractivity contribution in [1.82, 2.24) is 19.6 Å². The summed E-state index contributed by atoms with van der Waals surface area (Å²) in [6, 6.07) is 5.92. The Bertz CT molecular complexity index is 599. The molecule has 0 bridgehead atoms. The van der Waals surface area contributed by atoms with Crippen LogP contribution in [0.2, 0.25) is 5.15 Å². The summed E-state index contributed by atoms with van der Waals surface area (Å²) in [7, 11) is 0. The van der Waals surface area contributed by atoms with Crippen molar-refractivity contribution in [3.63, 3.8) is 0 Å². The third kappa shape index (κ3) is 2.55. The Hall–Kier alpha value is -1.10. The van der Waals surface area contributed by atoms with Gasteiger partial charge in [0.05, 0.1) is 11.4 Å². The SMILES string of the molecule is CC(C)c1nc2cccc(Cl)n2c1CN1CCNCC1. The molecule has 108 valence electrons. The summed E-state index contributed by atoms with van der Waals surface area (Å²) >= 11 is 6.39. The van der Waals surface area contributed by atoms with Gasteiger partial charge in [-0.3, -0.25) is 9.30 Å². The van der Waals surface area contributed by atoms with Gasteiger partial charge in [0, 0.05) is 32.7 Å². The van der Waals surface area contributed by atoms with Gasteiger partial charge in [-0.25, -0.2) is 4.98 Å². The Morgan fingerprint density at radius 1 is 1.30 bits per heavy atom. The van der Waals surface area contributed by atoms with Crippen molar-refractivity contribution in [2.75, 3.05) is 26.2 Å². The van der Waals surface area contributed by atoms with Gasteiger partial charge in [0.15, 0.2) is 0 Å². The standard InChI is InChI=1S/C15H21ClN4/c1-11(2)15-12(10-19-8-6-17-7-9-19)20-13(16)4-3-5-14(20)18-15/h3-5,11,17H,6-10H2,1-2H3. The van der Waals surface area contributed by atoms with Gasteiger partial charge in [0.25, 0.3) is 0 Å². The maximum absolute atomic E-state index is 6.39. The zero-order chi connectivity index (χ0) is 14.1. The average molecular weight is 293 g/mol. The molecule has 1 saturated heterocycles. The fraction of sp³-hybridized carbons (Fsp3) is 0.533. The van der Waals surface area contributed by atoms with Crippen LogP contribution in [0.3, 0.4) is 0 Å². The molecule has 1 aliphatic heterocycles. The molecule has 5 heteroatoms. The van der Waals surface area contributed by atoms with Crippen LogP contribution < -0.4 is 5.32 Å². The number of nitrogens with zero attached hydrogens (tertiary/aromatic N) is 3. The number of imidazole rings is 1. The lowest BCUT2D eigenvalue weighted by Gasteiger charge is -2.27. The number of pyridine rings is 1. The molecule has 0 aromatic carbocycles. The molecular weight excluding hydrogens is 272 g/mol. The first-order valence-corrected chi connectivity index (χ1v) is 7.63. The minimum atomic E-state index is 0.406. The first-order chi connectivity index (χ1) is 9.66. The van der Waals surface area contributed by atoms with E-state index in [0.717, 1.165) is 49.2 Å². The van der Waals surface area contributed by atoms with Crippen LogP contribution in [0.15, 0.2) is 18.2 Å². The molecule has 3 rings (SSSR count). The smallest absolute Gasteiger partial charge is 0.138 e. The fourth-order valence-electron chi connectivity index (χ4n) is 2.82. The number of hydrogen-bond donors (Lipinski definition) is 1. The molecule has 3 heterocycles. The van der Waals surface area contributed by atoms with E-state index in [2.05, 4.69) is 28.5 Å². The Labute approximate surface area is 124 Å². The molecule has 20 heavy (non-hydrogen) atoms. The van der Waals surface area contributed by atoms with E-state index in [1.165, 1.54) is 5.69 Å². The molecule has 4 nitrogen and oxygen atoms in total. The van der Waals surface area contributed by atoms with E-state index < -0.39 is 0 Å². The molecule has 2 aromatic heterocycles. The summed E-state index contributed by atoms with van der Waals surface area (Å²) in [4.78, 5) is 7.24. The van der Waals surface area contributed by atoms with Crippen LogP contribution in [0.1, 0.15) is 31.2 Å². The lowest BCUT2D eigenvalue weighted by molar-refractivity contribution is 0.229. The Morgan fingerprint density at radius 3 is 2.75 bits per heavy atom. The van der Waals surface area contributed by atoms with E-state index in [1.54, 1.807) is 0 Å². The molecule has 1 N–H and O–H groups in total. The maximum atomic E-state index is 6.39. The summed E-state index contributed by atoms with van der Waals surface area (Å²) < 4.78 is 2.10. The van der Waals surface area contributed by atoms with Crippen LogP contribution in [0.4, 0.5) is 0 Å². The minimum absolute atomic E-state index is 0.406. The van der Waals surface area contributed by atoms with Crippen molar-refractivity contribution in [2.45, 2.75) is 26.3 Å². The Morgan fingerprint density at radius 2 is 2.05 bits per heavy atom. The number of nitrogens with one attached hydrogen (secondary N) is 1. The van der Waals surface area contributed by atoms with Crippen LogP contribution in [0.25, 0.3) is 5.65 Å². The van der Waals surface area contributed by atoms with Gasteiger partial charge >= 0.3 is 0 Å². The van der Waals surface area contributed by atoms with Crippen molar-refractivity contribution < 1.29 is 0 Å². The Balaban J connectivity index is 2.03. The zero-order valence-electron chi connectivity index (χ0n) is 12.1. The molecule has 1 aliphatic rings. The van der Waals surface area contributed by atoms with E-state index in [9.17, 15) is 0 Å². The third-order valence-corrected chi connectivity index (χ3v) is 4.15. The van der Waals surface area contributed by atoms with Crippen LogP contribution in [0, 0.1) is 0 Å². The highest BCUT2D eigenvalue weighted by Gasteiger charge is 2.20. The summed E-state index contributed by atoms with van der Waals surface area (Å²) in [5.74, 6) is 0.406. The number of fused-ring (bicyclic) bond motifs is 1. The molecule has 1 fully saturated rings. The molecule has 0 unspecified atom stereocenters.